The molecule has 0 amide bonds. The molecule has 0 radical (unpaired) electrons. The maximum absolute atomic E-state index is 12.9. The first-order valence-electron chi connectivity index (χ1n) is 8.46. The van der Waals surface area contributed by atoms with E-state index in [4.69, 9.17) is 27.9 Å². The number of carbonyl (C=O) groups is 2. The van der Waals surface area contributed by atoms with Gasteiger partial charge in [0.1, 0.15) is 0 Å². The number of esters is 1. The van der Waals surface area contributed by atoms with Gasteiger partial charge in [0.05, 0.1) is 10.8 Å². The van der Waals surface area contributed by atoms with E-state index in [0.717, 1.165) is 0 Å². The molecule has 3 aromatic rings. The molecule has 0 saturated carbocycles. The van der Waals surface area contributed by atoms with Crippen LogP contribution < -0.4 is 0 Å². The van der Waals surface area contributed by atoms with Gasteiger partial charge in [-0.05, 0) is 18.2 Å². The minimum atomic E-state index is -1.01. The van der Waals surface area contributed by atoms with Crippen LogP contribution in [-0.2, 0) is 9.53 Å². The van der Waals surface area contributed by atoms with Crippen LogP contribution in [0.15, 0.2) is 83.8 Å². The van der Waals surface area contributed by atoms with Gasteiger partial charge in [-0.2, -0.15) is 0 Å². The SMILES string of the molecule is O=C(CSc1cc(Cl)ccc1Cl)OC(C(=O)c1ccccc1)c1ccccc1. The highest BCUT2D eigenvalue weighted by Crippen LogP contribution is 2.30. The first kappa shape index (κ1) is 20.5. The Morgan fingerprint density at radius 2 is 1.54 bits per heavy atom. The van der Waals surface area contributed by atoms with Crippen LogP contribution >= 0.6 is 35.0 Å². The summed E-state index contributed by atoms with van der Waals surface area (Å²) in [7, 11) is 0. The number of ketones is 1. The monoisotopic (exact) mass is 430 g/mol. The summed E-state index contributed by atoms with van der Waals surface area (Å²) in [5, 5.41) is 1.03. The van der Waals surface area contributed by atoms with Gasteiger partial charge in [-0.25, -0.2) is 0 Å². The molecule has 0 aliphatic heterocycles. The van der Waals surface area contributed by atoms with Crippen LogP contribution in [0.5, 0.6) is 0 Å². The summed E-state index contributed by atoms with van der Waals surface area (Å²) in [6.45, 7) is 0. The molecule has 0 fully saturated rings. The Morgan fingerprint density at radius 3 is 2.21 bits per heavy atom. The topological polar surface area (TPSA) is 43.4 Å². The molecule has 0 aliphatic carbocycles. The van der Waals surface area contributed by atoms with Crippen molar-refractivity contribution in [2.75, 3.05) is 5.75 Å². The zero-order valence-electron chi connectivity index (χ0n) is 14.7. The molecule has 0 heterocycles. The van der Waals surface area contributed by atoms with Crippen molar-refractivity contribution >= 4 is 46.7 Å². The zero-order chi connectivity index (χ0) is 19.9. The van der Waals surface area contributed by atoms with Crippen LogP contribution in [0.4, 0.5) is 0 Å². The number of thioether (sulfide) groups is 1. The maximum atomic E-state index is 12.9. The fourth-order valence-corrected chi connectivity index (χ4v) is 3.82. The minimum absolute atomic E-state index is 0.00542. The number of Topliss-reactive ketones (excluding diaryl/α,β-unsaturated/α-hetero) is 1. The molecule has 0 N–H and O–H groups in total. The Balaban J connectivity index is 1.75. The first-order chi connectivity index (χ1) is 13.5. The van der Waals surface area contributed by atoms with Crippen molar-refractivity contribution in [3.8, 4) is 0 Å². The zero-order valence-corrected chi connectivity index (χ0v) is 17.0. The second-order valence-electron chi connectivity index (χ2n) is 5.87. The number of rotatable bonds is 7. The average molecular weight is 431 g/mol. The Morgan fingerprint density at radius 1 is 0.893 bits per heavy atom. The van der Waals surface area contributed by atoms with E-state index in [-0.39, 0.29) is 11.5 Å². The van der Waals surface area contributed by atoms with Gasteiger partial charge in [0.2, 0.25) is 5.78 Å². The second-order valence-corrected chi connectivity index (χ2v) is 7.74. The number of ether oxygens (including phenoxy) is 1. The van der Waals surface area contributed by atoms with Gasteiger partial charge in [-0.1, -0.05) is 83.9 Å². The largest absolute Gasteiger partial charge is 0.448 e. The van der Waals surface area contributed by atoms with E-state index in [0.29, 0.717) is 26.1 Å². The molecule has 3 rings (SSSR count). The van der Waals surface area contributed by atoms with Gasteiger partial charge in [0.15, 0.2) is 6.10 Å². The van der Waals surface area contributed by atoms with Crippen molar-refractivity contribution in [3.63, 3.8) is 0 Å². The van der Waals surface area contributed by atoms with Crippen molar-refractivity contribution < 1.29 is 14.3 Å². The van der Waals surface area contributed by atoms with Crippen molar-refractivity contribution in [2.45, 2.75) is 11.0 Å². The number of benzene rings is 3. The van der Waals surface area contributed by atoms with Gasteiger partial charge in [0.25, 0.3) is 0 Å². The van der Waals surface area contributed by atoms with E-state index in [9.17, 15) is 9.59 Å². The first-order valence-corrected chi connectivity index (χ1v) is 10.2. The highest BCUT2D eigenvalue weighted by molar-refractivity contribution is 8.00. The number of halogens is 2. The fourth-order valence-electron chi connectivity index (χ4n) is 2.54. The minimum Gasteiger partial charge on any atom is -0.448 e. The van der Waals surface area contributed by atoms with Crippen LogP contribution in [0.3, 0.4) is 0 Å². The Kier molecular flexibility index (Phi) is 7.15. The van der Waals surface area contributed by atoms with Gasteiger partial charge >= 0.3 is 5.97 Å². The third-order valence-electron chi connectivity index (χ3n) is 3.89. The number of hydrogen-bond acceptors (Lipinski definition) is 4. The molecule has 3 nitrogen and oxygen atoms in total. The molecule has 0 spiro atoms. The summed E-state index contributed by atoms with van der Waals surface area (Å²) in [4.78, 5) is 26.1. The van der Waals surface area contributed by atoms with Crippen molar-refractivity contribution in [1.82, 2.24) is 0 Å². The molecular weight excluding hydrogens is 415 g/mol. The lowest BCUT2D eigenvalue weighted by Crippen LogP contribution is -2.21. The molecule has 142 valence electrons. The van der Waals surface area contributed by atoms with E-state index < -0.39 is 12.1 Å². The van der Waals surface area contributed by atoms with E-state index in [1.807, 2.05) is 12.1 Å². The highest BCUT2D eigenvalue weighted by Gasteiger charge is 2.26. The smallest absolute Gasteiger partial charge is 0.317 e. The quantitative estimate of drug-likeness (QED) is 0.252. The van der Waals surface area contributed by atoms with E-state index in [1.165, 1.54) is 11.8 Å². The maximum Gasteiger partial charge on any atom is 0.317 e. The molecule has 1 unspecified atom stereocenters. The van der Waals surface area contributed by atoms with Crippen LogP contribution in [-0.4, -0.2) is 17.5 Å². The molecule has 3 aromatic carbocycles. The van der Waals surface area contributed by atoms with Crippen molar-refractivity contribution in [2.24, 2.45) is 0 Å². The molecule has 0 bridgehead atoms. The Labute approximate surface area is 177 Å². The van der Waals surface area contributed by atoms with Crippen LogP contribution in [0.1, 0.15) is 22.0 Å². The van der Waals surface area contributed by atoms with Gasteiger partial charge < -0.3 is 4.74 Å². The molecule has 0 aliphatic rings. The van der Waals surface area contributed by atoms with Gasteiger partial charge in [0, 0.05) is 21.0 Å². The van der Waals surface area contributed by atoms with E-state index in [1.54, 1.807) is 66.7 Å². The number of hydrogen-bond donors (Lipinski definition) is 0. The van der Waals surface area contributed by atoms with Gasteiger partial charge in [-0.15, -0.1) is 11.8 Å². The third-order valence-corrected chi connectivity index (χ3v) is 5.59. The predicted molar refractivity (Wildman–Crippen MR) is 113 cm³/mol. The molecule has 0 aromatic heterocycles. The second kappa shape index (κ2) is 9.78. The number of carbonyl (C=O) groups excluding carboxylic acids is 2. The summed E-state index contributed by atoms with van der Waals surface area (Å²) < 4.78 is 5.56. The Hall–Kier alpha value is -2.27. The summed E-state index contributed by atoms with van der Waals surface area (Å²) in [5.41, 5.74) is 1.10. The standard InChI is InChI=1S/C22H16Cl2O3S/c23-17-11-12-18(24)19(13-17)28-14-20(25)27-22(16-9-5-2-6-10-16)21(26)15-7-3-1-4-8-15/h1-13,22H,14H2. The average Bonchev–Trinajstić information content (AvgIpc) is 2.73. The predicted octanol–water partition coefficient (Wildman–Crippen LogP) is 6.25. The summed E-state index contributed by atoms with van der Waals surface area (Å²) in [6, 6.07) is 22.8. The lowest BCUT2D eigenvalue weighted by molar-refractivity contribution is -0.144. The van der Waals surface area contributed by atoms with Crippen LogP contribution in [0.25, 0.3) is 0 Å². The molecule has 28 heavy (non-hydrogen) atoms. The lowest BCUT2D eigenvalue weighted by atomic mass is 10.00. The molecule has 6 heteroatoms. The van der Waals surface area contributed by atoms with Gasteiger partial charge in [-0.3, -0.25) is 9.59 Å². The van der Waals surface area contributed by atoms with E-state index >= 15 is 0 Å². The van der Waals surface area contributed by atoms with Crippen LogP contribution in [0, 0.1) is 0 Å². The van der Waals surface area contributed by atoms with E-state index in [2.05, 4.69) is 0 Å². The van der Waals surface area contributed by atoms with Crippen LogP contribution in [0.2, 0.25) is 10.0 Å². The Bertz CT molecular complexity index is 962. The third kappa shape index (κ3) is 5.38. The lowest BCUT2D eigenvalue weighted by Gasteiger charge is -2.17. The highest BCUT2D eigenvalue weighted by atomic mass is 35.5. The fraction of sp³-hybridized carbons (Fsp3) is 0.0909. The summed E-state index contributed by atoms with van der Waals surface area (Å²) in [6.07, 6.45) is -1.01. The molecule has 0 saturated heterocycles. The summed E-state index contributed by atoms with van der Waals surface area (Å²) >= 11 is 13.3. The molecular formula is C22H16Cl2O3S. The van der Waals surface area contributed by atoms with Crippen molar-refractivity contribution in [3.05, 3.63) is 100 Å². The normalized spacial score (nSPS) is 11.6. The summed E-state index contributed by atoms with van der Waals surface area (Å²) in [5.74, 6) is -0.782. The van der Waals surface area contributed by atoms with Crippen molar-refractivity contribution in [1.29, 1.82) is 0 Å². The molecule has 1 atom stereocenters.